The van der Waals surface area contributed by atoms with Gasteiger partial charge in [-0.15, -0.1) is 0 Å². The largest absolute Gasteiger partial charge is 0.316 e. The second kappa shape index (κ2) is 4.35. The van der Waals surface area contributed by atoms with E-state index in [0.717, 1.165) is 13.1 Å². The predicted octanol–water partition coefficient (Wildman–Crippen LogP) is 1.49. The maximum Gasteiger partial charge on any atom is 0.240 e. The molecule has 2 aliphatic rings. The molecule has 0 radical (unpaired) electrons. The summed E-state index contributed by atoms with van der Waals surface area (Å²) in [6.45, 7) is 1.78. The first-order chi connectivity index (χ1) is 8.49. The Morgan fingerprint density at radius 3 is 2.44 bits per heavy atom. The van der Waals surface area contributed by atoms with E-state index in [1.54, 1.807) is 0 Å². The highest BCUT2D eigenvalue weighted by atomic mass is 35.5. The van der Waals surface area contributed by atoms with E-state index in [4.69, 9.17) is 23.2 Å². The van der Waals surface area contributed by atoms with Gasteiger partial charge in [0, 0.05) is 6.04 Å². The van der Waals surface area contributed by atoms with Crippen LogP contribution in [0.2, 0.25) is 10.0 Å². The average Bonchev–Trinajstić information content (AvgIpc) is 2.77. The quantitative estimate of drug-likeness (QED) is 0.889. The van der Waals surface area contributed by atoms with Crippen molar-refractivity contribution in [2.75, 3.05) is 13.1 Å². The van der Waals surface area contributed by atoms with Crippen molar-refractivity contribution in [3.63, 3.8) is 0 Å². The third kappa shape index (κ3) is 2.14. The van der Waals surface area contributed by atoms with Gasteiger partial charge in [0.1, 0.15) is 0 Å². The maximum atomic E-state index is 12.1. The molecule has 1 aliphatic carbocycles. The molecule has 1 aliphatic heterocycles. The van der Waals surface area contributed by atoms with Crippen molar-refractivity contribution in [1.82, 2.24) is 10.0 Å². The Morgan fingerprint density at radius 1 is 1.17 bits per heavy atom. The molecule has 0 bridgehead atoms. The van der Waals surface area contributed by atoms with Gasteiger partial charge in [-0.25, -0.2) is 13.1 Å². The van der Waals surface area contributed by atoms with Gasteiger partial charge in [-0.05, 0) is 43.1 Å². The zero-order chi connectivity index (χ0) is 12.9. The summed E-state index contributed by atoms with van der Waals surface area (Å²) in [5.41, 5.74) is 0. The van der Waals surface area contributed by atoms with Crippen LogP contribution in [0.5, 0.6) is 0 Å². The molecule has 2 unspecified atom stereocenters. The molecule has 1 aromatic rings. The number of benzene rings is 1. The Hall–Kier alpha value is -0.330. The van der Waals surface area contributed by atoms with Crippen molar-refractivity contribution in [3.8, 4) is 0 Å². The summed E-state index contributed by atoms with van der Waals surface area (Å²) >= 11 is 11.6. The molecule has 1 aromatic carbocycles. The van der Waals surface area contributed by atoms with Gasteiger partial charge >= 0.3 is 0 Å². The van der Waals surface area contributed by atoms with Crippen LogP contribution in [0.3, 0.4) is 0 Å². The monoisotopic (exact) mass is 306 g/mol. The Kier molecular flexibility index (Phi) is 3.07. The molecule has 0 aromatic heterocycles. The van der Waals surface area contributed by atoms with Crippen molar-refractivity contribution < 1.29 is 8.42 Å². The van der Waals surface area contributed by atoms with E-state index >= 15 is 0 Å². The van der Waals surface area contributed by atoms with Gasteiger partial charge in [0.05, 0.1) is 14.9 Å². The van der Waals surface area contributed by atoms with Crippen molar-refractivity contribution >= 4 is 33.2 Å². The number of fused-ring (bicyclic) bond motifs is 1. The molecule has 18 heavy (non-hydrogen) atoms. The topological polar surface area (TPSA) is 58.2 Å². The lowest BCUT2D eigenvalue weighted by molar-refractivity contribution is 0.565. The molecule has 1 saturated heterocycles. The minimum atomic E-state index is -3.50. The Morgan fingerprint density at radius 2 is 1.83 bits per heavy atom. The van der Waals surface area contributed by atoms with E-state index in [0.29, 0.717) is 16.9 Å². The summed E-state index contributed by atoms with van der Waals surface area (Å²) in [4.78, 5) is 0.162. The van der Waals surface area contributed by atoms with Crippen molar-refractivity contribution in [2.45, 2.75) is 10.9 Å². The highest BCUT2D eigenvalue weighted by Gasteiger charge is 2.54. The van der Waals surface area contributed by atoms with Gasteiger partial charge in [0.2, 0.25) is 10.0 Å². The van der Waals surface area contributed by atoms with E-state index in [1.165, 1.54) is 18.2 Å². The third-order valence-electron chi connectivity index (χ3n) is 3.58. The van der Waals surface area contributed by atoms with Gasteiger partial charge in [-0.2, -0.15) is 0 Å². The molecular weight excluding hydrogens is 295 g/mol. The molecule has 4 nitrogen and oxygen atoms in total. The number of hydrogen-bond acceptors (Lipinski definition) is 3. The van der Waals surface area contributed by atoms with Crippen LogP contribution in [0.1, 0.15) is 0 Å². The first-order valence-corrected chi connectivity index (χ1v) is 7.91. The van der Waals surface area contributed by atoms with Crippen molar-refractivity contribution in [2.24, 2.45) is 11.8 Å². The van der Waals surface area contributed by atoms with Crippen LogP contribution >= 0.6 is 23.2 Å². The summed E-state index contributed by atoms with van der Waals surface area (Å²) in [5, 5.41) is 3.82. The molecule has 98 valence electrons. The van der Waals surface area contributed by atoms with Gasteiger partial charge in [0.15, 0.2) is 0 Å². The Labute approximate surface area is 116 Å². The summed E-state index contributed by atoms with van der Waals surface area (Å²) in [6, 6.07) is 4.40. The third-order valence-corrected chi connectivity index (χ3v) is 5.78. The highest BCUT2D eigenvalue weighted by molar-refractivity contribution is 7.89. The van der Waals surface area contributed by atoms with E-state index in [2.05, 4.69) is 10.0 Å². The lowest BCUT2D eigenvalue weighted by Gasteiger charge is -2.09. The van der Waals surface area contributed by atoms with Crippen LogP contribution in [0.15, 0.2) is 23.1 Å². The summed E-state index contributed by atoms with van der Waals surface area (Å²) < 4.78 is 27.0. The fourth-order valence-corrected chi connectivity index (χ4v) is 4.21. The molecule has 2 atom stereocenters. The van der Waals surface area contributed by atoms with E-state index in [-0.39, 0.29) is 16.0 Å². The summed E-state index contributed by atoms with van der Waals surface area (Å²) in [7, 11) is -3.50. The fraction of sp³-hybridized carbons (Fsp3) is 0.455. The second-order valence-corrected chi connectivity index (χ2v) is 7.24. The first kappa shape index (κ1) is 12.7. The van der Waals surface area contributed by atoms with Crippen LogP contribution in [0.4, 0.5) is 0 Å². The van der Waals surface area contributed by atoms with Gasteiger partial charge < -0.3 is 5.32 Å². The average molecular weight is 307 g/mol. The second-order valence-electron chi connectivity index (χ2n) is 4.71. The fourth-order valence-electron chi connectivity index (χ4n) is 2.48. The Balaban J connectivity index is 1.79. The van der Waals surface area contributed by atoms with Crippen LogP contribution < -0.4 is 10.0 Å². The van der Waals surface area contributed by atoms with Crippen LogP contribution in [0, 0.1) is 11.8 Å². The summed E-state index contributed by atoms with van der Waals surface area (Å²) in [5.74, 6) is 0.866. The number of nitrogens with one attached hydrogen (secondary N) is 2. The van der Waals surface area contributed by atoms with Crippen LogP contribution in [-0.2, 0) is 10.0 Å². The van der Waals surface area contributed by atoms with Crippen molar-refractivity contribution in [1.29, 1.82) is 0 Å². The smallest absolute Gasteiger partial charge is 0.240 e. The molecule has 2 N–H and O–H groups in total. The first-order valence-electron chi connectivity index (χ1n) is 5.67. The molecule has 2 fully saturated rings. The lowest BCUT2D eigenvalue weighted by atomic mass is 10.4. The zero-order valence-corrected chi connectivity index (χ0v) is 11.7. The minimum Gasteiger partial charge on any atom is -0.316 e. The van der Waals surface area contributed by atoms with Crippen LogP contribution in [-0.4, -0.2) is 27.5 Å². The van der Waals surface area contributed by atoms with E-state index < -0.39 is 10.0 Å². The van der Waals surface area contributed by atoms with Crippen LogP contribution in [0.25, 0.3) is 0 Å². The van der Waals surface area contributed by atoms with Gasteiger partial charge in [-0.3, -0.25) is 0 Å². The molecule has 1 heterocycles. The SMILES string of the molecule is O=S(=O)(NC1C2CNCC21)c1ccc(Cl)c(Cl)c1. The molecule has 1 saturated carbocycles. The minimum absolute atomic E-state index is 0.0608. The Bertz CT molecular complexity index is 581. The molecule has 0 spiro atoms. The number of piperidine rings is 1. The maximum absolute atomic E-state index is 12.1. The molecule has 7 heteroatoms. The predicted molar refractivity (Wildman–Crippen MR) is 70.4 cm³/mol. The molecular formula is C11H12Cl2N2O2S. The number of rotatable bonds is 3. The lowest BCUT2D eigenvalue weighted by Crippen LogP contribution is -2.32. The zero-order valence-electron chi connectivity index (χ0n) is 9.36. The standard InChI is InChI=1S/C11H12Cl2N2O2S/c12-9-2-1-6(3-10(9)13)18(16,17)15-11-7-4-14-5-8(7)11/h1-3,7-8,11,14-15H,4-5H2. The van der Waals surface area contributed by atoms with E-state index in [1.807, 2.05) is 0 Å². The number of sulfonamides is 1. The molecule has 0 amide bonds. The van der Waals surface area contributed by atoms with E-state index in [9.17, 15) is 8.42 Å². The highest BCUT2D eigenvalue weighted by Crippen LogP contribution is 2.42. The number of hydrogen-bond donors (Lipinski definition) is 2. The van der Waals surface area contributed by atoms with Gasteiger partial charge in [-0.1, -0.05) is 23.2 Å². The van der Waals surface area contributed by atoms with Crippen molar-refractivity contribution in [3.05, 3.63) is 28.2 Å². The molecule has 3 rings (SSSR count). The number of halogens is 2. The van der Waals surface area contributed by atoms with Gasteiger partial charge in [0.25, 0.3) is 0 Å². The normalized spacial score (nSPS) is 30.2. The summed E-state index contributed by atoms with van der Waals surface area (Å²) in [6.07, 6.45) is 0.